The number of unbranched alkanes of at least 4 members (excludes halogenated alkanes) is 1. The molecule has 0 saturated heterocycles. The van der Waals surface area contributed by atoms with Crippen molar-refractivity contribution in [3.63, 3.8) is 0 Å². The molecule has 1 aromatic carbocycles. The molecule has 0 unspecified atom stereocenters. The van der Waals surface area contributed by atoms with Crippen molar-refractivity contribution >= 4 is 17.6 Å². The fourth-order valence-corrected chi connectivity index (χ4v) is 1.60. The van der Waals surface area contributed by atoms with Crippen LogP contribution in [-0.4, -0.2) is 32.1 Å². The Morgan fingerprint density at radius 1 is 1.35 bits per heavy atom. The second-order valence-corrected chi connectivity index (χ2v) is 4.20. The van der Waals surface area contributed by atoms with Gasteiger partial charge in [-0.3, -0.25) is 4.79 Å². The molecule has 110 valence electrons. The van der Waals surface area contributed by atoms with Gasteiger partial charge in [0.1, 0.15) is 11.3 Å². The summed E-state index contributed by atoms with van der Waals surface area (Å²) < 4.78 is 9.99. The molecule has 0 spiro atoms. The third-order valence-corrected chi connectivity index (χ3v) is 2.67. The Balaban J connectivity index is 2.57. The smallest absolute Gasteiger partial charge is 0.344 e. The highest BCUT2D eigenvalue weighted by Gasteiger charge is 2.18. The molecule has 0 aromatic heterocycles. The van der Waals surface area contributed by atoms with E-state index in [0.717, 1.165) is 12.8 Å². The van der Waals surface area contributed by atoms with Gasteiger partial charge in [0.25, 0.3) is 5.91 Å². The molecule has 6 heteroatoms. The Morgan fingerprint density at radius 2 is 2.10 bits per heavy atom. The molecular weight excluding hydrogens is 260 g/mol. The van der Waals surface area contributed by atoms with Gasteiger partial charge in [-0.2, -0.15) is 0 Å². The maximum atomic E-state index is 11.9. The number of methoxy groups -OCH3 is 1. The molecule has 0 aliphatic heterocycles. The summed E-state index contributed by atoms with van der Waals surface area (Å²) in [4.78, 5) is 23.4. The minimum atomic E-state index is -0.675. The van der Waals surface area contributed by atoms with Crippen LogP contribution in [0.2, 0.25) is 0 Å². The van der Waals surface area contributed by atoms with Crippen LogP contribution in [0.1, 0.15) is 30.1 Å². The van der Waals surface area contributed by atoms with E-state index in [2.05, 4.69) is 5.32 Å². The Morgan fingerprint density at radius 3 is 2.75 bits per heavy atom. The minimum Gasteiger partial charge on any atom is -0.496 e. The van der Waals surface area contributed by atoms with E-state index in [-0.39, 0.29) is 23.8 Å². The Kier molecular flexibility index (Phi) is 6.36. The molecule has 1 rings (SSSR count). The standard InChI is InChI=1S/C14H20N2O4/c1-3-4-8-16-12(17)9-20-14(18)13-10(15)6-5-7-11(13)19-2/h5-7H,3-4,8-9,15H2,1-2H3,(H,16,17). The quantitative estimate of drug-likeness (QED) is 0.447. The third-order valence-electron chi connectivity index (χ3n) is 2.67. The first-order valence-electron chi connectivity index (χ1n) is 6.46. The number of rotatable bonds is 7. The van der Waals surface area contributed by atoms with Crippen molar-refractivity contribution < 1.29 is 19.1 Å². The molecule has 0 aliphatic carbocycles. The van der Waals surface area contributed by atoms with Gasteiger partial charge in [-0.1, -0.05) is 19.4 Å². The van der Waals surface area contributed by atoms with Crippen molar-refractivity contribution in [2.75, 3.05) is 26.0 Å². The summed E-state index contributed by atoms with van der Waals surface area (Å²) >= 11 is 0. The first-order chi connectivity index (χ1) is 9.60. The third kappa shape index (κ3) is 4.46. The summed E-state index contributed by atoms with van der Waals surface area (Å²) in [6.07, 6.45) is 1.87. The number of nitrogen functional groups attached to an aromatic ring is 1. The van der Waals surface area contributed by atoms with Crippen molar-refractivity contribution in [1.82, 2.24) is 5.32 Å². The highest BCUT2D eigenvalue weighted by molar-refractivity contribution is 5.99. The molecule has 0 aliphatic rings. The van der Waals surface area contributed by atoms with E-state index in [1.807, 2.05) is 6.92 Å². The highest BCUT2D eigenvalue weighted by atomic mass is 16.5. The summed E-state index contributed by atoms with van der Waals surface area (Å²) in [7, 11) is 1.43. The molecule has 0 bridgehead atoms. The lowest BCUT2D eigenvalue weighted by molar-refractivity contribution is -0.124. The van der Waals surface area contributed by atoms with Gasteiger partial charge >= 0.3 is 5.97 Å². The van der Waals surface area contributed by atoms with E-state index >= 15 is 0 Å². The second kappa shape index (κ2) is 8.04. The molecule has 1 amide bonds. The maximum Gasteiger partial charge on any atom is 0.344 e. The van der Waals surface area contributed by atoms with Gasteiger partial charge in [-0.25, -0.2) is 4.79 Å². The Labute approximate surface area is 118 Å². The lowest BCUT2D eigenvalue weighted by atomic mass is 10.1. The molecule has 1 aromatic rings. The van der Waals surface area contributed by atoms with Crippen LogP contribution in [-0.2, 0) is 9.53 Å². The molecule has 20 heavy (non-hydrogen) atoms. The number of benzene rings is 1. The first kappa shape index (κ1) is 15.8. The van der Waals surface area contributed by atoms with Gasteiger partial charge in [0, 0.05) is 12.2 Å². The number of nitrogens with two attached hydrogens (primary N) is 1. The number of hydrogen-bond acceptors (Lipinski definition) is 5. The number of ether oxygens (including phenoxy) is 2. The number of esters is 1. The number of carbonyl (C=O) groups is 2. The van der Waals surface area contributed by atoms with Crippen molar-refractivity contribution in [3.8, 4) is 5.75 Å². The molecule has 0 fully saturated rings. The van der Waals surface area contributed by atoms with E-state index in [4.69, 9.17) is 15.2 Å². The molecule has 0 heterocycles. The zero-order chi connectivity index (χ0) is 15.0. The van der Waals surface area contributed by atoms with Crippen molar-refractivity contribution in [1.29, 1.82) is 0 Å². The topological polar surface area (TPSA) is 90.7 Å². The van der Waals surface area contributed by atoms with Gasteiger partial charge in [0.15, 0.2) is 6.61 Å². The SMILES string of the molecule is CCCCNC(=O)COC(=O)c1c(N)cccc1OC. The number of anilines is 1. The summed E-state index contributed by atoms with van der Waals surface area (Å²) in [5.74, 6) is -0.688. The highest BCUT2D eigenvalue weighted by Crippen LogP contribution is 2.24. The minimum absolute atomic E-state index is 0.136. The van der Waals surface area contributed by atoms with Crippen LogP contribution in [0.4, 0.5) is 5.69 Å². The van der Waals surface area contributed by atoms with E-state index in [1.165, 1.54) is 7.11 Å². The largest absolute Gasteiger partial charge is 0.496 e. The molecule has 6 nitrogen and oxygen atoms in total. The lowest BCUT2D eigenvalue weighted by Crippen LogP contribution is -2.29. The van der Waals surface area contributed by atoms with Crippen LogP contribution in [0.25, 0.3) is 0 Å². The van der Waals surface area contributed by atoms with Crippen LogP contribution in [0.5, 0.6) is 5.75 Å². The van der Waals surface area contributed by atoms with Gasteiger partial charge in [0.2, 0.25) is 0 Å². The molecule has 0 saturated carbocycles. The van der Waals surface area contributed by atoms with Crippen LogP contribution < -0.4 is 15.8 Å². The number of carbonyl (C=O) groups excluding carboxylic acids is 2. The van der Waals surface area contributed by atoms with E-state index < -0.39 is 5.97 Å². The van der Waals surface area contributed by atoms with Crippen LogP contribution in [0, 0.1) is 0 Å². The lowest BCUT2D eigenvalue weighted by Gasteiger charge is -2.11. The number of nitrogens with one attached hydrogen (secondary N) is 1. The van der Waals surface area contributed by atoms with Crippen LogP contribution >= 0.6 is 0 Å². The van der Waals surface area contributed by atoms with Gasteiger partial charge < -0.3 is 20.5 Å². The number of hydrogen-bond donors (Lipinski definition) is 2. The molecule has 3 N–H and O–H groups in total. The Bertz CT molecular complexity index is 474. The van der Waals surface area contributed by atoms with E-state index in [1.54, 1.807) is 18.2 Å². The monoisotopic (exact) mass is 280 g/mol. The summed E-state index contributed by atoms with van der Waals surface area (Å²) in [6.45, 7) is 2.26. The molecule has 0 radical (unpaired) electrons. The van der Waals surface area contributed by atoms with Gasteiger partial charge in [0.05, 0.1) is 7.11 Å². The predicted molar refractivity (Wildman–Crippen MR) is 75.6 cm³/mol. The number of amides is 1. The van der Waals surface area contributed by atoms with E-state index in [0.29, 0.717) is 12.3 Å². The first-order valence-corrected chi connectivity index (χ1v) is 6.46. The molecule has 0 atom stereocenters. The van der Waals surface area contributed by atoms with Crippen LogP contribution in [0.15, 0.2) is 18.2 Å². The van der Waals surface area contributed by atoms with Crippen molar-refractivity contribution in [2.45, 2.75) is 19.8 Å². The molecular formula is C14H20N2O4. The fraction of sp³-hybridized carbons (Fsp3) is 0.429. The zero-order valence-corrected chi connectivity index (χ0v) is 11.8. The maximum absolute atomic E-state index is 11.9. The Hall–Kier alpha value is -2.24. The fourth-order valence-electron chi connectivity index (χ4n) is 1.60. The predicted octanol–water partition coefficient (Wildman–Crippen LogP) is 1.35. The zero-order valence-electron chi connectivity index (χ0n) is 11.8. The van der Waals surface area contributed by atoms with E-state index in [9.17, 15) is 9.59 Å². The normalized spacial score (nSPS) is 9.90. The van der Waals surface area contributed by atoms with Gasteiger partial charge in [-0.05, 0) is 18.6 Å². The summed E-state index contributed by atoms with van der Waals surface area (Å²) in [6, 6.07) is 4.84. The van der Waals surface area contributed by atoms with Crippen LogP contribution in [0.3, 0.4) is 0 Å². The van der Waals surface area contributed by atoms with Gasteiger partial charge in [-0.15, -0.1) is 0 Å². The van der Waals surface area contributed by atoms with Crippen molar-refractivity contribution in [3.05, 3.63) is 23.8 Å². The summed E-state index contributed by atoms with van der Waals surface area (Å²) in [5.41, 5.74) is 6.11. The average molecular weight is 280 g/mol. The van der Waals surface area contributed by atoms with Crippen molar-refractivity contribution in [2.24, 2.45) is 0 Å². The second-order valence-electron chi connectivity index (χ2n) is 4.20. The summed E-state index contributed by atoms with van der Waals surface area (Å²) in [5, 5.41) is 2.65. The average Bonchev–Trinajstić information content (AvgIpc) is 2.44.